The van der Waals surface area contributed by atoms with E-state index in [1.54, 1.807) is 24.3 Å². The Morgan fingerprint density at radius 3 is 2.27 bits per heavy atom. The molecule has 1 aromatic carbocycles. The predicted molar refractivity (Wildman–Crippen MR) is 57.0 cm³/mol. The van der Waals surface area contributed by atoms with Gasteiger partial charge in [0, 0.05) is 17.8 Å². The average Bonchev–Trinajstić information content (AvgIpc) is 2.47. The van der Waals surface area contributed by atoms with Crippen LogP contribution in [0.25, 0.3) is 0 Å². The van der Waals surface area contributed by atoms with Crippen molar-refractivity contribution in [3.63, 3.8) is 0 Å². The molecule has 4 nitrogen and oxygen atoms in total. The molecule has 78 valence electrons. The van der Waals surface area contributed by atoms with Gasteiger partial charge in [-0.25, -0.2) is 4.79 Å². The lowest BCUT2D eigenvalue weighted by Gasteiger charge is -2.14. The number of hydrogen-bond donors (Lipinski definition) is 0. The minimum absolute atomic E-state index is 0.0942. The Labute approximate surface area is 92.0 Å². The van der Waals surface area contributed by atoms with E-state index >= 15 is 0 Å². The van der Waals surface area contributed by atoms with Crippen LogP contribution in [0.4, 0.5) is 10.5 Å². The van der Waals surface area contributed by atoms with Crippen LogP contribution in [-0.2, 0) is 4.79 Å². The summed E-state index contributed by atoms with van der Waals surface area (Å²) in [7, 11) is 1.47. The summed E-state index contributed by atoms with van der Waals surface area (Å²) in [4.78, 5) is 25.4. The number of benzene rings is 1. The molecule has 1 heterocycles. The Morgan fingerprint density at radius 2 is 1.80 bits per heavy atom. The summed E-state index contributed by atoms with van der Waals surface area (Å²) >= 11 is 5.73. The van der Waals surface area contributed by atoms with Crippen LogP contribution >= 0.6 is 11.6 Å². The topological polar surface area (TPSA) is 40.6 Å². The number of amides is 3. The third-order valence-electron chi connectivity index (χ3n) is 2.32. The molecule has 15 heavy (non-hydrogen) atoms. The fraction of sp³-hybridized carbons (Fsp3) is 0.200. The quantitative estimate of drug-likeness (QED) is 0.682. The summed E-state index contributed by atoms with van der Waals surface area (Å²) in [6.45, 7) is 0.0942. The van der Waals surface area contributed by atoms with Crippen molar-refractivity contribution in [2.45, 2.75) is 0 Å². The molecule has 0 atom stereocenters. The van der Waals surface area contributed by atoms with Gasteiger partial charge in [0.2, 0.25) is 5.91 Å². The Hall–Kier alpha value is -1.55. The van der Waals surface area contributed by atoms with Gasteiger partial charge in [-0.2, -0.15) is 0 Å². The van der Waals surface area contributed by atoms with Gasteiger partial charge in [0.25, 0.3) is 0 Å². The number of urea groups is 1. The van der Waals surface area contributed by atoms with Gasteiger partial charge in [0.1, 0.15) is 6.54 Å². The lowest BCUT2D eigenvalue weighted by atomic mass is 10.3. The molecule has 0 aromatic heterocycles. The van der Waals surface area contributed by atoms with Crippen LogP contribution in [0.1, 0.15) is 0 Å². The second-order valence-corrected chi connectivity index (χ2v) is 3.73. The number of hydrogen-bond acceptors (Lipinski definition) is 2. The molecule has 1 aliphatic heterocycles. The normalized spacial score (nSPS) is 16.4. The Balaban J connectivity index is 2.29. The van der Waals surface area contributed by atoms with E-state index in [-0.39, 0.29) is 18.5 Å². The largest absolute Gasteiger partial charge is 0.331 e. The molecule has 1 aliphatic rings. The lowest BCUT2D eigenvalue weighted by Crippen LogP contribution is -2.29. The van der Waals surface area contributed by atoms with Gasteiger partial charge in [-0.15, -0.1) is 0 Å². The van der Waals surface area contributed by atoms with E-state index in [9.17, 15) is 9.59 Å². The zero-order valence-electron chi connectivity index (χ0n) is 8.11. The summed E-state index contributed by atoms with van der Waals surface area (Å²) < 4.78 is 0. The van der Waals surface area contributed by atoms with E-state index in [2.05, 4.69) is 0 Å². The average molecular weight is 225 g/mol. The zero-order valence-corrected chi connectivity index (χ0v) is 8.86. The molecule has 5 heteroatoms. The summed E-state index contributed by atoms with van der Waals surface area (Å²) in [5.74, 6) is -0.199. The second-order valence-electron chi connectivity index (χ2n) is 3.30. The SMILES string of the molecule is CN1C(=O)CN(c2ccc(Cl)cc2)C1=O. The highest BCUT2D eigenvalue weighted by atomic mass is 35.5. The van der Waals surface area contributed by atoms with Crippen LogP contribution in [0.15, 0.2) is 24.3 Å². The summed E-state index contributed by atoms with van der Waals surface area (Å²) in [6, 6.07) is 6.50. The predicted octanol–water partition coefficient (Wildman–Crippen LogP) is 1.74. The highest BCUT2D eigenvalue weighted by molar-refractivity contribution is 6.30. The van der Waals surface area contributed by atoms with Gasteiger partial charge in [0.15, 0.2) is 0 Å². The molecule has 3 amide bonds. The van der Waals surface area contributed by atoms with Gasteiger partial charge >= 0.3 is 6.03 Å². The molecule has 0 bridgehead atoms. The number of carbonyl (C=O) groups is 2. The van der Waals surface area contributed by atoms with Crippen LogP contribution in [0, 0.1) is 0 Å². The Bertz CT molecular complexity index is 416. The summed E-state index contributed by atoms with van der Waals surface area (Å²) in [6.07, 6.45) is 0. The number of rotatable bonds is 1. The molecule has 1 saturated heterocycles. The van der Waals surface area contributed by atoms with E-state index in [0.717, 1.165) is 4.90 Å². The molecule has 0 saturated carbocycles. The van der Waals surface area contributed by atoms with E-state index in [1.807, 2.05) is 0 Å². The van der Waals surface area contributed by atoms with Crippen molar-refractivity contribution in [1.82, 2.24) is 4.90 Å². The van der Waals surface area contributed by atoms with E-state index in [4.69, 9.17) is 11.6 Å². The maximum absolute atomic E-state index is 11.6. The van der Waals surface area contributed by atoms with Crippen LogP contribution < -0.4 is 4.90 Å². The fourth-order valence-corrected chi connectivity index (χ4v) is 1.55. The van der Waals surface area contributed by atoms with Gasteiger partial charge in [-0.1, -0.05) is 11.6 Å². The van der Waals surface area contributed by atoms with Crippen molar-refractivity contribution in [1.29, 1.82) is 0 Å². The van der Waals surface area contributed by atoms with Gasteiger partial charge in [0.05, 0.1) is 0 Å². The number of anilines is 1. The molecule has 0 radical (unpaired) electrons. The monoisotopic (exact) mass is 224 g/mol. The molecule has 0 aliphatic carbocycles. The van der Waals surface area contributed by atoms with Gasteiger partial charge < -0.3 is 0 Å². The fourth-order valence-electron chi connectivity index (χ4n) is 1.42. The maximum atomic E-state index is 11.6. The van der Waals surface area contributed by atoms with E-state index in [1.165, 1.54) is 11.9 Å². The highest BCUT2D eigenvalue weighted by Gasteiger charge is 2.33. The van der Waals surface area contributed by atoms with Crippen molar-refractivity contribution < 1.29 is 9.59 Å². The van der Waals surface area contributed by atoms with Crippen molar-refractivity contribution in [3.8, 4) is 0 Å². The van der Waals surface area contributed by atoms with E-state index in [0.29, 0.717) is 10.7 Å². The molecular weight excluding hydrogens is 216 g/mol. The smallest absolute Gasteiger partial charge is 0.285 e. The van der Waals surface area contributed by atoms with Crippen LogP contribution in [-0.4, -0.2) is 30.4 Å². The van der Waals surface area contributed by atoms with E-state index < -0.39 is 0 Å². The molecule has 0 N–H and O–H groups in total. The lowest BCUT2D eigenvalue weighted by molar-refractivity contribution is -0.123. The Morgan fingerprint density at radius 1 is 1.20 bits per heavy atom. The van der Waals surface area contributed by atoms with Crippen LogP contribution in [0.3, 0.4) is 0 Å². The standard InChI is InChI=1S/C10H9ClN2O2/c1-12-9(14)6-13(10(12)15)8-4-2-7(11)3-5-8/h2-5H,6H2,1H3. The number of carbonyl (C=O) groups excluding carboxylic acids is 2. The number of likely N-dealkylation sites (N-methyl/N-ethyl adjacent to an activating group) is 1. The number of nitrogens with zero attached hydrogens (tertiary/aromatic N) is 2. The van der Waals surface area contributed by atoms with Crippen molar-refractivity contribution in [3.05, 3.63) is 29.3 Å². The van der Waals surface area contributed by atoms with Crippen molar-refractivity contribution >= 4 is 29.2 Å². The molecule has 2 rings (SSSR count). The third-order valence-corrected chi connectivity index (χ3v) is 2.58. The second kappa shape index (κ2) is 3.55. The minimum atomic E-state index is -0.303. The molecular formula is C10H9ClN2O2. The summed E-state index contributed by atoms with van der Waals surface area (Å²) in [5.41, 5.74) is 0.683. The molecule has 1 aromatic rings. The molecule has 1 fully saturated rings. The first-order valence-corrected chi connectivity index (χ1v) is 4.81. The zero-order chi connectivity index (χ0) is 11.0. The first-order chi connectivity index (χ1) is 7.09. The highest BCUT2D eigenvalue weighted by Crippen LogP contribution is 2.21. The van der Waals surface area contributed by atoms with Crippen molar-refractivity contribution in [2.24, 2.45) is 0 Å². The molecule has 0 unspecified atom stereocenters. The Kier molecular flexibility index (Phi) is 2.36. The number of imide groups is 1. The van der Waals surface area contributed by atoms with Gasteiger partial charge in [-0.05, 0) is 24.3 Å². The number of halogens is 1. The van der Waals surface area contributed by atoms with Crippen LogP contribution in [0.2, 0.25) is 5.02 Å². The third kappa shape index (κ3) is 1.68. The molecule has 0 spiro atoms. The minimum Gasteiger partial charge on any atom is -0.285 e. The van der Waals surface area contributed by atoms with Crippen molar-refractivity contribution in [2.75, 3.05) is 18.5 Å². The van der Waals surface area contributed by atoms with Crippen LogP contribution in [0.5, 0.6) is 0 Å². The van der Waals surface area contributed by atoms with Gasteiger partial charge in [-0.3, -0.25) is 14.6 Å². The first-order valence-electron chi connectivity index (χ1n) is 4.43. The summed E-state index contributed by atoms with van der Waals surface area (Å²) in [5, 5.41) is 0.602. The first kappa shape index (κ1) is 9.98. The maximum Gasteiger partial charge on any atom is 0.331 e.